The zero-order valence-corrected chi connectivity index (χ0v) is 21.8. The van der Waals surface area contributed by atoms with Gasteiger partial charge in [0.05, 0.1) is 4.90 Å². The molecule has 7 nitrogen and oxygen atoms in total. The summed E-state index contributed by atoms with van der Waals surface area (Å²) >= 11 is 0. The van der Waals surface area contributed by atoms with Crippen LogP contribution < -0.4 is 14.9 Å². The molecule has 2 aromatic carbocycles. The number of nitrogens with one attached hydrogen (secondary N) is 2. The Kier molecular flexibility index (Phi) is 8.73. The summed E-state index contributed by atoms with van der Waals surface area (Å²) in [5.41, 5.74) is 3.90. The zero-order chi connectivity index (χ0) is 24.9. The first-order valence-electron chi connectivity index (χ1n) is 12.1. The van der Waals surface area contributed by atoms with Gasteiger partial charge in [-0.3, -0.25) is 4.79 Å². The Bertz CT molecular complexity index is 1080. The lowest BCUT2D eigenvalue weighted by atomic mass is 10.0. The van der Waals surface area contributed by atoms with Crippen LogP contribution >= 0.6 is 0 Å². The molecule has 1 fully saturated rings. The smallest absolute Gasteiger partial charge is 0.242 e. The third kappa shape index (κ3) is 6.81. The molecule has 0 radical (unpaired) electrons. The van der Waals surface area contributed by atoms with E-state index in [0.29, 0.717) is 12.1 Å². The molecule has 0 spiro atoms. The van der Waals surface area contributed by atoms with Crippen molar-refractivity contribution >= 4 is 27.3 Å². The van der Waals surface area contributed by atoms with Crippen molar-refractivity contribution < 1.29 is 13.2 Å². The Morgan fingerprint density at radius 3 is 2.21 bits per heavy atom. The molecular weight excluding hydrogens is 448 g/mol. The molecule has 3 rings (SSSR count). The molecule has 0 aromatic heterocycles. The standard InChI is InChI=1S/C26H38N4O3S/c1-6-29-13-15-30(16-14-29)25-12-9-22(18-21(25)5)27-26(31)24(17-19(2)3)28-34(32,33)23-10-7-20(4)8-11-23/h7-12,18-19,24,28H,6,13-17H2,1-5H3,(H,27,31). The third-order valence-electron chi connectivity index (χ3n) is 6.28. The van der Waals surface area contributed by atoms with Crippen LogP contribution in [0.1, 0.15) is 38.3 Å². The Morgan fingerprint density at radius 1 is 1.00 bits per heavy atom. The number of nitrogens with zero attached hydrogens (tertiary/aromatic N) is 2. The molecule has 0 saturated carbocycles. The number of rotatable bonds is 9. The van der Waals surface area contributed by atoms with Crippen molar-refractivity contribution in [1.82, 2.24) is 9.62 Å². The minimum absolute atomic E-state index is 0.141. The molecule has 1 aliphatic rings. The van der Waals surface area contributed by atoms with Gasteiger partial charge in [-0.2, -0.15) is 4.72 Å². The van der Waals surface area contributed by atoms with E-state index >= 15 is 0 Å². The van der Waals surface area contributed by atoms with E-state index in [9.17, 15) is 13.2 Å². The van der Waals surface area contributed by atoms with Crippen LogP contribution in [0.2, 0.25) is 0 Å². The first kappa shape index (κ1) is 26.2. The van der Waals surface area contributed by atoms with E-state index in [1.54, 1.807) is 24.3 Å². The normalized spacial score (nSPS) is 16.0. The summed E-state index contributed by atoms with van der Waals surface area (Å²) < 4.78 is 28.4. The number of hydrogen-bond donors (Lipinski definition) is 2. The highest BCUT2D eigenvalue weighted by Gasteiger charge is 2.27. The summed E-state index contributed by atoms with van der Waals surface area (Å²) in [4.78, 5) is 18.1. The fourth-order valence-corrected chi connectivity index (χ4v) is 5.48. The third-order valence-corrected chi connectivity index (χ3v) is 7.76. The highest BCUT2D eigenvalue weighted by molar-refractivity contribution is 7.89. The van der Waals surface area contributed by atoms with Gasteiger partial charge in [0.1, 0.15) is 6.04 Å². The monoisotopic (exact) mass is 486 g/mol. The molecule has 2 aromatic rings. The maximum absolute atomic E-state index is 13.1. The van der Waals surface area contributed by atoms with Gasteiger partial charge in [-0.15, -0.1) is 0 Å². The van der Waals surface area contributed by atoms with Crippen LogP contribution in [-0.4, -0.2) is 58.0 Å². The Labute approximate surface area is 204 Å². The minimum Gasteiger partial charge on any atom is -0.369 e. The maximum atomic E-state index is 13.1. The Morgan fingerprint density at radius 2 is 1.65 bits per heavy atom. The van der Waals surface area contributed by atoms with Gasteiger partial charge in [-0.1, -0.05) is 38.5 Å². The van der Waals surface area contributed by atoms with Crippen LogP contribution in [0.5, 0.6) is 0 Å². The molecule has 0 bridgehead atoms. The van der Waals surface area contributed by atoms with Gasteiger partial charge >= 0.3 is 0 Å². The number of carbonyl (C=O) groups is 1. The fraction of sp³-hybridized carbons (Fsp3) is 0.500. The second kappa shape index (κ2) is 11.3. The van der Waals surface area contributed by atoms with Crippen molar-refractivity contribution in [2.45, 2.75) is 52.0 Å². The fourth-order valence-electron chi connectivity index (χ4n) is 4.28. The van der Waals surface area contributed by atoms with E-state index in [1.165, 1.54) is 5.69 Å². The Balaban J connectivity index is 1.71. The second-order valence-corrected chi connectivity index (χ2v) is 11.2. The molecule has 186 valence electrons. The lowest BCUT2D eigenvalue weighted by Crippen LogP contribution is -2.46. The van der Waals surface area contributed by atoms with Crippen LogP contribution in [0.3, 0.4) is 0 Å². The molecule has 1 amide bonds. The van der Waals surface area contributed by atoms with Gasteiger partial charge < -0.3 is 15.1 Å². The van der Waals surface area contributed by atoms with Gasteiger partial charge in [0.15, 0.2) is 0 Å². The average Bonchev–Trinajstić information content (AvgIpc) is 2.79. The number of piperazine rings is 1. The molecule has 8 heteroatoms. The van der Waals surface area contributed by atoms with Crippen molar-refractivity contribution in [1.29, 1.82) is 0 Å². The van der Waals surface area contributed by atoms with Gasteiger partial charge in [-0.05, 0) is 68.6 Å². The van der Waals surface area contributed by atoms with Crippen molar-refractivity contribution in [3.63, 3.8) is 0 Å². The predicted octanol–water partition coefficient (Wildman–Crippen LogP) is 3.78. The highest BCUT2D eigenvalue weighted by Crippen LogP contribution is 2.25. The molecule has 1 atom stereocenters. The van der Waals surface area contributed by atoms with E-state index in [4.69, 9.17) is 0 Å². The highest BCUT2D eigenvalue weighted by atomic mass is 32.2. The molecular formula is C26H38N4O3S. The molecule has 2 N–H and O–H groups in total. The van der Waals surface area contributed by atoms with Crippen molar-refractivity contribution in [3.8, 4) is 0 Å². The lowest BCUT2D eigenvalue weighted by molar-refractivity contribution is -0.118. The maximum Gasteiger partial charge on any atom is 0.242 e. The van der Waals surface area contributed by atoms with Crippen LogP contribution in [-0.2, 0) is 14.8 Å². The number of hydrogen-bond acceptors (Lipinski definition) is 5. The quantitative estimate of drug-likeness (QED) is 0.564. The number of carbonyl (C=O) groups excluding carboxylic acids is 1. The largest absolute Gasteiger partial charge is 0.369 e. The number of aryl methyl sites for hydroxylation is 2. The van der Waals surface area contributed by atoms with Crippen molar-refractivity contribution in [2.24, 2.45) is 5.92 Å². The summed E-state index contributed by atoms with van der Waals surface area (Å²) in [6.45, 7) is 15.2. The molecule has 34 heavy (non-hydrogen) atoms. The van der Waals surface area contributed by atoms with Gasteiger partial charge in [0.25, 0.3) is 0 Å². The second-order valence-electron chi connectivity index (χ2n) is 9.53. The number of likely N-dealkylation sites (N-methyl/N-ethyl adjacent to an activating group) is 1. The summed E-state index contributed by atoms with van der Waals surface area (Å²) in [5.74, 6) is -0.213. The summed E-state index contributed by atoms with van der Waals surface area (Å²) in [6, 6.07) is 11.6. The lowest BCUT2D eigenvalue weighted by Gasteiger charge is -2.36. The van der Waals surface area contributed by atoms with Crippen molar-refractivity contribution in [2.75, 3.05) is 42.9 Å². The van der Waals surface area contributed by atoms with Gasteiger partial charge in [-0.25, -0.2) is 8.42 Å². The summed E-state index contributed by atoms with van der Waals surface area (Å²) in [6.07, 6.45) is 0.399. The van der Waals surface area contributed by atoms with Crippen molar-refractivity contribution in [3.05, 3.63) is 53.6 Å². The van der Waals surface area contributed by atoms with E-state index in [0.717, 1.165) is 43.9 Å². The number of amides is 1. The molecule has 1 aliphatic heterocycles. The molecule has 1 unspecified atom stereocenters. The number of sulfonamides is 1. The van der Waals surface area contributed by atoms with E-state index in [-0.39, 0.29) is 16.7 Å². The summed E-state index contributed by atoms with van der Waals surface area (Å²) in [5, 5.41) is 2.93. The van der Waals surface area contributed by atoms with Crippen LogP contribution in [0.4, 0.5) is 11.4 Å². The topological polar surface area (TPSA) is 81.8 Å². The van der Waals surface area contributed by atoms with E-state index < -0.39 is 16.1 Å². The zero-order valence-electron chi connectivity index (χ0n) is 21.0. The van der Waals surface area contributed by atoms with Gasteiger partial charge in [0.2, 0.25) is 15.9 Å². The first-order chi connectivity index (χ1) is 16.1. The van der Waals surface area contributed by atoms with Crippen LogP contribution in [0.15, 0.2) is 47.4 Å². The molecule has 1 saturated heterocycles. The summed E-state index contributed by atoms with van der Waals surface area (Å²) in [7, 11) is -3.82. The van der Waals surface area contributed by atoms with E-state index in [1.807, 2.05) is 45.9 Å². The number of anilines is 2. The Hall–Kier alpha value is -2.42. The number of benzene rings is 2. The van der Waals surface area contributed by atoms with E-state index in [2.05, 4.69) is 26.8 Å². The minimum atomic E-state index is -3.82. The predicted molar refractivity (Wildman–Crippen MR) is 139 cm³/mol. The van der Waals surface area contributed by atoms with Crippen LogP contribution in [0, 0.1) is 19.8 Å². The van der Waals surface area contributed by atoms with Gasteiger partial charge in [0, 0.05) is 37.6 Å². The SMILES string of the molecule is CCN1CCN(c2ccc(NC(=O)C(CC(C)C)NS(=O)(=O)c3ccc(C)cc3)cc2C)CC1. The molecule has 1 heterocycles. The average molecular weight is 487 g/mol. The van der Waals surface area contributed by atoms with Crippen LogP contribution in [0.25, 0.3) is 0 Å². The first-order valence-corrected chi connectivity index (χ1v) is 13.5. The molecule has 0 aliphatic carbocycles.